The van der Waals surface area contributed by atoms with E-state index in [0.717, 1.165) is 0 Å². The molecule has 1 atom stereocenters. The van der Waals surface area contributed by atoms with Crippen molar-refractivity contribution in [1.29, 1.82) is 0 Å². The van der Waals surface area contributed by atoms with E-state index in [0.29, 0.717) is 11.8 Å². The molecule has 0 aromatic heterocycles. The van der Waals surface area contributed by atoms with Gasteiger partial charge in [0, 0.05) is 17.5 Å². The number of carbonyl (C=O) groups is 1. The Kier molecular flexibility index (Phi) is 2.78. The van der Waals surface area contributed by atoms with Gasteiger partial charge in [0.1, 0.15) is 12.1 Å². The van der Waals surface area contributed by atoms with Gasteiger partial charge in [-0.1, -0.05) is 18.2 Å². The van der Waals surface area contributed by atoms with Crippen LogP contribution in [0, 0.1) is 5.82 Å². The molecule has 0 aliphatic carbocycles. The molecular formula is C10H12FNO. The molecule has 0 heterocycles. The van der Waals surface area contributed by atoms with Crippen LogP contribution in [-0.4, -0.2) is 6.29 Å². The Bertz CT molecular complexity index is 310. The molecule has 3 heteroatoms. The lowest BCUT2D eigenvalue weighted by atomic mass is 9.90. The third-order valence-corrected chi connectivity index (χ3v) is 2.00. The predicted molar refractivity (Wildman–Crippen MR) is 48.6 cm³/mol. The first-order valence-electron chi connectivity index (χ1n) is 4.05. The lowest BCUT2D eigenvalue weighted by Crippen LogP contribution is -2.34. The van der Waals surface area contributed by atoms with Crippen LogP contribution in [-0.2, 0) is 10.3 Å². The first kappa shape index (κ1) is 9.86. The fraction of sp³-hybridized carbons (Fsp3) is 0.300. The standard InChI is InChI=1S/C10H12FNO/c1-10(12,6-7-13)8-4-2-3-5-9(8)11/h2-5,7H,6,12H2,1H3. The van der Waals surface area contributed by atoms with Crippen LogP contribution in [0.5, 0.6) is 0 Å². The van der Waals surface area contributed by atoms with E-state index in [9.17, 15) is 9.18 Å². The van der Waals surface area contributed by atoms with E-state index >= 15 is 0 Å². The minimum atomic E-state index is -0.910. The van der Waals surface area contributed by atoms with Crippen molar-refractivity contribution in [2.75, 3.05) is 0 Å². The van der Waals surface area contributed by atoms with Crippen LogP contribution in [0.3, 0.4) is 0 Å². The molecule has 0 aliphatic heterocycles. The van der Waals surface area contributed by atoms with E-state index in [1.165, 1.54) is 6.07 Å². The van der Waals surface area contributed by atoms with Crippen molar-refractivity contribution >= 4 is 6.29 Å². The van der Waals surface area contributed by atoms with Gasteiger partial charge >= 0.3 is 0 Å². The van der Waals surface area contributed by atoms with Gasteiger partial charge < -0.3 is 10.5 Å². The quantitative estimate of drug-likeness (QED) is 0.719. The summed E-state index contributed by atoms with van der Waals surface area (Å²) in [6, 6.07) is 6.23. The number of hydrogen-bond donors (Lipinski definition) is 1. The zero-order valence-electron chi connectivity index (χ0n) is 7.46. The zero-order valence-corrected chi connectivity index (χ0v) is 7.46. The van der Waals surface area contributed by atoms with Crippen LogP contribution in [0.25, 0.3) is 0 Å². The molecule has 0 saturated carbocycles. The summed E-state index contributed by atoms with van der Waals surface area (Å²) in [7, 11) is 0. The summed E-state index contributed by atoms with van der Waals surface area (Å²) >= 11 is 0. The van der Waals surface area contributed by atoms with Crippen LogP contribution >= 0.6 is 0 Å². The van der Waals surface area contributed by atoms with Gasteiger partial charge in [0.25, 0.3) is 0 Å². The highest BCUT2D eigenvalue weighted by Crippen LogP contribution is 2.22. The van der Waals surface area contributed by atoms with Crippen molar-refractivity contribution in [1.82, 2.24) is 0 Å². The molecule has 1 aromatic carbocycles. The maximum Gasteiger partial charge on any atom is 0.128 e. The minimum absolute atomic E-state index is 0.119. The van der Waals surface area contributed by atoms with Crippen LogP contribution in [0.1, 0.15) is 18.9 Å². The Morgan fingerprint density at radius 3 is 2.69 bits per heavy atom. The normalized spacial score (nSPS) is 15.0. The SMILES string of the molecule is CC(N)(CC=O)c1ccccc1F. The second-order valence-corrected chi connectivity index (χ2v) is 3.27. The summed E-state index contributed by atoms with van der Waals surface area (Å²) < 4.78 is 13.2. The molecule has 0 amide bonds. The maximum absolute atomic E-state index is 13.2. The molecule has 1 aromatic rings. The highest BCUT2D eigenvalue weighted by Gasteiger charge is 2.23. The molecular weight excluding hydrogens is 169 g/mol. The van der Waals surface area contributed by atoms with Gasteiger partial charge in [-0.15, -0.1) is 0 Å². The molecule has 0 spiro atoms. The Morgan fingerprint density at radius 1 is 1.54 bits per heavy atom. The molecule has 13 heavy (non-hydrogen) atoms. The lowest BCUT2D eigenvalue weighted by Gasteiger charge is -2.22. The number of hydrogen-bond acceptors (Lipinski definition) is 2. The van der Waals surface area contributed by atoms with Crippen molar-refractivity contribution in [3.8, 4) is 0 Å². The zero-order chi connectivity index (χ0) is 9.90. The van der Waals surface area contributed by atoms with Crippen LogP contribution in [0.2, 0.25) is 0 Å². The highest BCUT2D eigenvalue weighted by molar-refractivity contribution is 5.53. The number of nitrogens with two attached hydrogens (primary N) is 1. The van der Waals surface area contributed by atoms with E-state index in [-0.39, 0.29) is 12.2 Å². The van der Waals surface area contributed by atoms with Gasteiger partial charge in [-0.05, 0) is 13.0 Å². The van der Waals surface area contributed by atoms with E-state index in [2.05, 4.69) is 0 Å². The molecule has 2 N–H and O–H groups in total. The number of rotatable bonds is 3. The molecule has 1 rings (SSSR count). The molecule has 70 valence electrons. The molecule has 0 radical (unpaired) electrons. The highest BCUT2D eigenvalue weighted by atomic mass is 19.1. The first-order valence-corrected chi connectivity index (χ1v) is 4.05. The van der Waals surface area contributed by atoms with Gasteiger partial charge in [-0.3, -0.25) is 0 Å². The smallest absolute Gasteiger partial charge is 0.128 e. The van der Waals surface area contributed by atoms with Gasteiger partial charge in [0.2, 0.25) is 0 Å². The van der Waals surface area contributed by atoms with Crippen molar-refractivity contribution < 1.29 is 9.18 Å². The second kappa shape index (κ2) is 3.66. The number of halogens is 1. The summed E-state index contributed by atoms with van der Waals surface area (Å²) in [4.78, 5) is 10.3. The van der Waals surface area contributed by atoms with Crippen LogP contribution in [0.4, 0.5) is 4.39 Å². The van der Waals surface area contributed by atoms with E-state index in [1.54, 1.807) is 25.1 Å². The predicted octanol–water partition coefficient (Wildman–Crippen LogP) is 1.59. The summed E-state index contributed by atoms with van der Waals surface area (Å²) in [6.07, 6.45) is 0.820. The Hall–Kier alpha value is -1.22. The average molecular weight is 181 g/mol. The van der Waals surface area contributed by atoms with Crippen LogP contribution in [0.15, 0.2) is 24.3 Å². The van der Waals surface area contributed by atoms with Gasteiger partial charge in [-0.2, -0.15) is 0 Å². The molecule has 1 unspecified atom stereocenters. The Balaban J connectivity index is 3.06. The maximum atomic E-state index is 13.2. The van der Waals surface area contributed by atoms with E-state index in [1.807, 2.05) is 0 Å². The molecule has 0 aliphatic rings. The molecule has 0 bridgehead atoms. The largest absolute Gasteiger partial charge is 0.321 e. The molecule has 2 nitrogen and oxygen atoms in total. The first-order chi connectivity index (χ1) is 6.08. The van der Waals surface area contributed by atoms with Crippen molar-refractivity contribution in [3.63, 3.8) is 0 Å². The molecule has 0 fully saturated rings. The summed E-state index contributed by atoms with van der Waals surface area (Å²) in [5.41, 5.74) is 5.25. The number of aldehydes is 1. The van der Waals surface area contributed by atoms with Gasteiger partial charge in [0.15, 0.2) is 0 Å². The Labute approximate surface area is 76.6 Å². The van der Waals surface area contributed by atoms with Crippen molar-refractivity contribution in [2.45, 2.75) is 18.9 Å². The summed E-state index contributed by atoms with van der Waals surface area (Å²) in [5, 5.41) is 0. The number of carbonyl (C=O) groups excluding carboxylic acids is 1. The van der Waals surface area contributed by atoms with Crippen LogP contribution < -0.4 is 5.73 Å². The van der Waals surface area contributed by atoms with Crippen molar-refractivity contribution in [2.24, 2.45) is 5.73 Å². The van der Waals surface area contributed by atoms with E-state index in [4.69, 9.17) is 5.73 Å². The van der Waals surface area contributed by atoms with E-state index < -0.39 is 5.54 Å². The average Bonchev–Trinajstić information content (AvgIpc) is 2.04. The van der Waals surface area contributed by atoms with Crippen molar-refractivity contribution in [3.05, 3.63) is 35.6 Å². The topological polar surface area (TPSA) is 43.1 Å². The molecule has 0 saturated heterocycles. The minimum Gasteiger partial charge on any atom is -0.321 e. The Morgan fingerprint density at radius 2 is 2.15 bits per heavy atom. The lowest BCUT2D eigenvalue weighted by molar-refractivity contribution is -0.108. The fourth-order valence-corrected chi connectivity index (χ4v) is 1.21. The third-order valence-electron chi connectivity index (χ3n) is 2.00. The van der Waals surface area contributed by atoms with Gasteiger partial charge in [-0.25, -0.2) is 4.39 Å². The monoisotopic (exact) mass is 181 g/mol. The summed E-state index contributed by atoms with van der Waals surface area (Å²) in [5.74, 6) is -0.366. The fourth-order valence-electron chi connectivity index (χ4n) is 1.21. The van der Waals surface area contributed by atoms with Gasteiger partial charge in [0.05, 0.1) is 0 Å². The number of benzene rings is 1. The third kappa shape index (κ3) is 2.12. The second-order valence-electron chi connectivity index (χ2n) is 3.27. The summed E-state index contributed by atoms with van der Waals surface area (Å²) in [6.45, 7) is 1.64.